The van der Waals surface area contributed by atoms with Gasteiger partial charge in [-0.05, 0) is 24.3 Å². The van der Waals surface area contributed by atoms with Crippen molar-refractivity contribution in [1.29, 1.82) is 0 Å². The standard InChI is InChI=1S/C16H13ClN2O4S/c17-11-5-6-14(13(9-11)19(21)22)23-10-16(20)18-7-8-24-15-4-2-1-3-12(15)18/h1-6,9H,7-8,10H2. The fraction of sp³-hybridized carbons (Fsp3) is 0.188. The number of carbonyl (C=O) groups excluding carboxylic acids is 1. The molecule has 0 aliphatic carbocycles. The van der Waals surface area contributed by atoms with Gasteiger partial charge >= 0.3 is 5.69 Å². The van der Waals surface area contributed by atoms with Crippen molar-refractivity contribution in [2.45, 2.75) is 4.90 Å². The first-order valence-corrected chi connectivity index (χ1v) is 8.51. The average Bonchev–Trinajstić information content (AvgIpc) is 2.59. The first-order chi connectivity index (χ1) is 11.6. The first-order valence-electron chi connectivity index (χ1n) is 7.15. The smallest absolute Gasteiger partial charge is 0.312 e. The van der Waals surface area contributed by atoms with Crippen molar-refractivity contribution >= 4 is 40.6 Å². The molecule has 24 heavy (non-hydrogen) atoms. The molecule has 0 saturated heterocycles. The molecule has 3 rings (SSSR count). The van der Waals surface area contributed by atoms with Gasteiger partial charge in [0.15, 0.2) is 12.4 Å². The monoisotopic (exact) mass is 364 g/mol. The number of para-hydroxylation sites is 1. The summed E-state index contributed by atoms with van der Waals surface area (Å²) < 4.78 is 5.39. The van der Waals surface area contributed by atoms with Crippen LogP contribution in [0.25, 0.3) is 0 Å². The Bertz CT molecular complexity index is 799. The van der Waals surface area contributed by atoms with E-state index in [0.29, 0.717) is 6.54 Å². The van der Waals surface area contributed by atoms with Crippen molar-refractivity contribution in [3.63, 3.8) is 0 Å². The number of nitrogens with zero attached hydrogens (tertiary/aromatic N) is 2. The van der Waals surface area contributed by atoms with Gasteiger partial charge in [-0.2, -0.15) is 0 Å². The summed E-state index contributed by atoms with van der Waals surface area (Å²) in [5.74, 6) is 0.577. The molecule has 0 atom stereocenters. The summed E-state index contributed by atoms with van der Waals surface area (Å²) >= 11 is 7.46. The second-order valence-corrected chi connectivity index (χ2v) is 6.59. The van der Waals surface area contributed by atoms with E-state index in [4.69, 9.17) is 16.3 Å². The molecule has 0 aromatic heterocycles. The second kappa shape index (κ2) is 7.11. The maximum absolute atomic E-state index is 12.5. The van der Waals surface area contributed by atoms with Gasteiger partial charge in [-0.3, -0.25) is 14.9 Å². The maximum atomic E-state index is 12.5. The lowest BCUT2D eigenvalue weighted by atomic mass is 10.2. The number of nitro groups is 1. The Morgan fingerprint density at radius 2 is 2.12 bits per heavy atom. The Morgan fingerprint density at radius 3 is 2.92 bits per heavy atom. The van der Waals surface area contributed by atoms with Gasteiger partial charge in [0.25, 0.3) is 5.91 Å². The van der Waals surface area contributed by atoms with Crippen LogP contribution in [0.2, 0.25) is 5.02 Å². The zero-order chi connectivity index (χ0) is 17.1. The number of carbonyl (C=O) groups is 1. The van der Waals surface area contributed by atoms with E-state index >= 15 is 0 Å². The molecule has 2 aromatic carbocycles. The number of thioether (sulfide) groups is 1. The summed E-state index contributed by atoms with van der Waals surface area (Å²) in [5.41, 5.74) is 0.581. The highest BCUT2D eigenvalue weighted by molar-refractivity contribution is 7.99. The molecule has 0 saturated carbocycles. The van der Waals surface area contributed by atoms with E-state index in [0.717, 1.165) is 16.3 Å². The molecule has 0 radical (unpaired) electrons. The molecule has 1 amide bonds. The minimum absolute atomic E-state index is 0.0254. The zero-order valence-corrected chi connectivity index (χ0v) is 14.0. The Balaban J connectivity index is 1.75. The van der Waals surface area contributed by atoms with E-state index in [1.165, 1.54) is 18.2 Å². The van der Waals surface area contributed by atoms with Gasteiger partial charge in [0.05, 0.1) is 10.6 Å². The van der Waals surface area contributed by atoms with Crippen LogP contribution in [-0.2, 0) is 4.79 Å². The van der Waals surface area contributed by atoms with Gasteiger partial charge in [-0.25, -0.2) is 0 Å². The van der Waals surface area contributed by atoms with Crippen molar-refractivity contribution in [2.75, 3.05) is 23.8 Å². The minimum atomic E-state index is -0.585. The topological polar surface area (TPSA) is 72.7 Å². The number of nitro benzene ring substituents is 1. The average molecular weight is 365 g/mol. The highest BCUT2D eigenvalue weighted by Gasteiger charge is 2.24. The predicted molar refractivity (Wildman–Crippen MR) is 93.1 cm³/mol. The number of hydrogen-bond acceptors (Lipinski definition) is 5. The summed E-state index contributed by atoms with van der Waals surface area (Å²) in [5, 5.41) is 11.3. The number of ether oxygens (including phenoxy) is 1. The summed E-state index contributed by atoms with van der Waals surface area (Å²) in [4.78, 5) is 25.6. The Labute approximate surface area is 147 Å². The Morgan fingerprint density at radius 1 is 1.33 bits per heavy atom. The lowest BCUT2D eigenvalue weighted by Gasteiger charge is -2.28. The van der Waals surface area contributed by atoms with E-state index < -0.39 is 4.92 Å². The third-order valence-electron chi connectivity index (χ3n) is 3.50. The van der Waals surface area contributed by atoms with Crippen LogP contribution in [0.15, 0.2) is 47.4 Å². The van der Waals surface area contributed by atoms with E-state index in [2.05, 4.69) is 0 Å². The SMILES string of the molecule is O=C(COc1ccc(Cl)cc1[N+](=O)[O-])N1CCSc2ccccc21. The van der Waals surface area contributed by atoms with Crippen LogP contribution < -0.4 is 9.64 Å². The lowest BCUT2D eigenvalue weighted by Crippen LogP contribution is -2.38. The lowest BCUT2D eigenvalue weighted by molar-refractivity contribution is -0.385. The Kier molecular flexibility index (Phi) is 4.92. The number of halogens is 1. The van der Waals surface area contributed by atoms with Crippen LogP contribution in [0.1, 0.15) is 0 Å². The fourth-order valence-corrected chi connectivity index (χ4v) is 3.56. The van der Waals surface area contributed by atoms with Gasteiger partial charge in [-0.1, -0.05) is 23.7 Å². The van der Waals surface area contributed by atoms with Gasteiger partial charge < -0.3 is 9.64 Å². The van der Waals surface area contributed by atoms with E-state index in [1.807, 2.05) is 24.3 Å². The molecule has 0 unspecified atom stereocenters. The number of hydrogen-bond donors (Lipinski definition) is 0. The van der Waals surface area contributed by atoms with E-state index in [-0.39, 0.29) is 29.0 Å². The summed E-state index contributed by atoms with van der Waals surface area (Å²) in [7, 11) is 0. The van der Waals surface area contributed by atoms with Crippen LogP contribution in [0.5, 0.6) is 5.75 Å². The maximum Gasteiger partial charge on any atom is 0.312 e. The minimum Gasteiger partial charge on any atom is -0.477 e. The molecule has 0 N–H and O–H groups in total. The van der Waals surface area contributed by atoms with E-state index in [1.54, 1.807) is 16.7 Å². The molecule has 0 bridgehead atoms. The summed E-state index contributed by atoms with van der Waals surface area (Å²) in [6, 6.07) is 11.7. The number of fused-ring (bicyclic) bond motifs is 1. The van der Waals surface area contributed by atoms with Gasteiger partial charge in [-0.15, -0.1) is 11.8 Å². The van der Waals surface area contributed by atoms with Gasteiger partial charge in [0.1, 0.15) is 0 Å². The predicted octanol–water partition coefficient (Wildman–Crippen LogP) is 3.77. The van der Waals surface area contributed by atoms with Crippen molar-refractivity contribution in [3.05, 3.63) is 57.6 Å². The summed E-state index contributed by atoms with van der Waals surface area (Å²) in [6.45, 7) is 0.300. The van der Waals surface area contributed by atoms with Gasteiger partial charge in [0, 0.05) is 28.3 Å². The first kappa shape index (κ1) is 16.6. The fourth-order valence-electron chi connectivity index (χ4n) is 2.40. The highest BCUT2D eigenvalue weighted by atomic mass is 35.5. The van der Waals surface area contributed by atoms with Crippen molar-refractivity contribution in [3.8, 4) is 5.75 Å². The van der Waals surface area contributed by atoms with Crippen LogP contribution in [0, 0.1) is 10.1 Å². The molecular weight excluding hydrogens is 352 g/mol. The van der Waals surface area contributed by atoms with Crippen molar-refractivity contribution < 1.29 is 14.5 Å². The third kappa shape index (κ3) is 3.47. The number of amides is 1. The molecule has 1 heterocycles. The normalized spacial score (nSPS) is 13.3. The quantitative estimate of drug-likeness (QED) is 0.610. The Hall–Kier alpha value is -2.25. The molecule has 0 spiro atoms. The molecule has 1 aliphatic heterocycles. The second-order valence-electron chi connectivity index (χ2n) is 5.02. The molecule has 6 nitrogen and oxygen atoms in total. The van der Waals surface area contributed by atoms with Crippen molar-refractivity contribution in [2.24, 2.45) is 0 Å². The van der Waals surface area contributed by atoms with Gasteiger partial charge in [0.2, 0.25) is 0 Å². The van der Waals surface area contributed by atoms with Crippen molar-refractivity contribution in [1.82, 2.24) is 0 Å². The van der Waals surface area contributed by atoms with Crippen LogP contribution in [-0.4, -0.2) is 29.7 Å². The molecule has 2 aromatic rings. The number of rotatable bonds is 4. The third-order valence-corrected chi connectivity index (χ3v) is 4.78. The summed E-state index contributed by atoms with van der Waals surface area (Å²) in [6.07, 6.45) is 0. The highest BCUT2D eigenvalue weighted by Crippen LogP contribution is 2.34. The molecule has 0 fully saturated rings. The number of benzene rings is 2. The van der Waals surface area contributed by atoms with E-state index in [9.17, 15) is 14.9 Å². The molecule has 1 aliphatic rings. The van der Waals surface area contributed by atoms with Crippen LogP contribution in [0.3, 0.4) is 0 Å². The molecule has 8 heteroatoms. The zero-order valence-electron chi connectivity index (χ0n) is 12.5. The largest absolute Gasteiger partial charge is 0.477 e. The van der Waals surface area contributed by atoms with Crippen LogP contribution >= 0.6 is 23.4 Å². The molecular formula is C16H13ClN2O4S. The molecule has 124 valence electrons. The number of anilines is 1. The van der Waals surface area contributed by atoms with Crippen LogP contribution in [0.4, 0.5) is 11.4 Å².